The summed E-state index contributed by atoms with van der Waals surface area (Å²) in [5, 5.41) is 10.5. The van der Waals surface area contributed by atoms with Crippen molar-refractivity contribution in [1.82, 2.24) is 0 Å². The number of ether oxygens (including phenoxy) is 4. The first-order chi connectivity index (χ1) is 16.9. The number of carboxylic acid groups (broad SMARTS) is 1. The standard InChI is InChI=1S/C28H26O6S/c1-15(2)33-19-6-9-22-20(14-19)25(17-4-8-23(31-3)24(35)13-17)26(28(29)30)27(34-22)18-5-7-21-16(12-18)10-11-32-21/h4-9,12-15,27,35H,10-11H2,1-3H3,(H,29,30). The van der Waals surface area contributed by atoms with Gasteiger partial charge in [-0.2, -0.15) is 0 Å². The quantitative estimate of drug-likeness (QED) is 0.430. The summed E-state index contributed by atoms with van der Waals surface area (Å²) in [6.07, 6.45) is -0.0540. The Morgan fingerprint density at radius 3 is 2.60 bits per heavy atom. The molecule has 180 valence electrons. The normalized spacial score (nSPS) is 16.3. The predicted octanol–water partition coefficient (Wildman–Crippen LogP) is 5.73. The molecule has 2 aliphatic heterocycles. The van der Waals surface area contributed by atoms with Crippen molar-refractivity contribution >= 4 is 24.2 Å². The highest BCUT2D eigenvalue weighted by Gasteiger charge is 2.36. The summed E-state index contributed by atoms with van der Waals surface area (Å²) < 4.78 is 23.3. The molecular formula is C28H26O6S. The second kappa shape index (κ2) is 9.23. The van der Waals surface area contributed by atoms with Crippen molar-refractivity contribution in [3.63, 3.8) is 0 Å². The van der Waals surface area contributed by atoms with E-state index in [4.69, 9.17) is 18.9 Å². The highest BCUT2D eigenvalue weighted by atomic mass is 32.1. The molecule has 3 aromatic carbocycles. The molecule has 0 radical (unpaired) electrons. The lowest BCUT2D eigenvalue weighted by atomic mass is 9.85. The summed E-state index contributed by atoms with van der Waals surface area (Å²) in [5.41, 5.74) is 3.87. The first-order valence-electron chi connectivity index (χ1n) is 11.4. The van der Waals surface area contributed by atoms with E-state index in [1.165, 1.54) is 0 Å². The van der Waals surface area contributed by atoms with Crippen molar-refractivity contribution in [3.8, 4) is 23.0 Å². The summed E-state index contributed by atoms with van der Waals surface area (Å²) in [7, 11) is 1.57. The number of rotatable bonds is 6. The van der Waals surface area contributed by atoms with E-state index in [2.05, 4.69) is 12.6 Å². The minimum absolute atomic E-state index is 0.0321. The van der Waals surface area contributed by atoms with Gasteiger partial charge in [0.15, 0.2) is 6.10 Å². The van der Waals surface area contributed by atoms with Crippen LogP contribution in [0.3, 0.4) is 0 Å². The van der Waals surface area contributed by atoms with E-state index in [1.807, 2.05) is 62.4 Å². The maximum absolute atomic E-state index is 12.8. The smallest absolute Gasteiger partial charge is 0.336 e. The SMILES string of the molecule is COc1ccc(C2=C(C(=O)O)C(c3ccc4c(c3)CCO4)Oc3ccc(OC(C)C)cc32)cc1S. The maximum Gasteiger partial charge on any atom is 0.336 e. The van der Waals surface area contributed by atoms with Crippen LogP contribution < -0.4 is 18.9 Å². The minimum atomic E-state index is -1.06. The third kappa shape index (κ3) is 4.32. The van der Waals surface area contributed by atoms with Crippen LogP contribution in [0.1, 0.15) is 42.2 Å². The molecule has 35 heavy (non-hydrogen) atoms. The van der Waals surface area contributed by atoms with Crippen LogP contribution in [0.2, 0.25) is 0 Å². The van der Waals surface area contributed by atoms with Gasteiger partial charge in [0.1, 0.15) is 23.0 Å². The van der Waals surface area contributed by atoms with Gasteiger partial charge in [-0.1, -0.05) is 12.1 Å². The van der Waals surface area contributed by atoms with Crippen LogP contribution in [0.15, 0.2) is 65.1 Å². The molecule has 2 heterocycles. The molecule has 0 aromatic heterocycles. The maximum atomic E-state index is 12.8. The number of carbonyl (C=O) groups is 1. The number of aliphatic carboxylic acids is 1. The van der Waals surface area contributed by atoms with Gasteiger partial charge in [0, 0.05) is 22.5 Å². The summed E-state index contributed by atoms with van der Waals surface area (Å²) in [4.78, 5) is 13.4. The second-order valence-electron chi connectivity index (χ2n) is 8.77. The van der Waals surface area contributed by atoms with Crippen LogP contribution in [0.4, 0.5) is 0 Å². The van der Waals surface area contributed by atoms with Gasteiger partial charge in [0.05, 0.1) is 25.4 Å². The molecule has 3 aromatic rings. The molecule has 0 fully saturated rings. The van der Waals surface area contributed by atoms with Crippen LogP contribution in [-0.2, 0) is 11.2 Å². The van der Waals surface area contributed by atoms with Gasteiger partial charge < -0.3 is 24.1 Å². The molecule has 0 saturated carbocycles. The van der Waals surface area contributed by atoms with E-state index in [-0.39, 0.29) is 11.7 Å². The van der Waals surface area contributed by atoms with Gasteiger partial charge in [0.2, 0.25) is 0 Å². The van der Waals surface area contributed by atoms with E-state index < -0.39 is 12.1 Å². The fourth-order valence-corrected chi connectivity index (χ4v) is 4.90. The molecule has 0 spiro atoms. The lowest BCUT2D eigenvalue weighted by Crippen LogP contribution is -2.23. The predicted molar refractivity (Wildman–Crippen MR) is 135 cm³/mol. The van der Waals surface area contributed by atoms with Gasteiger partial charge in [-0.3, -0.25) is 0 Å². The van der Waals surface area contributed by atoms with Crippen molar-refractivity contribution in [2.75, 3.05) is 13.7 Å². The van der Waals surface area contributed by atoms with Gasteiger partial charge >= 0.3 is 5.97 Å². The Kier molecular flexibility index (Phi) is 6.11. The van der Waals surface area contributed by atoms with Crippen LogP contribution in [-0.4, -0.2) is 30.9 Å². The third-order valence-corrected chi connectivity index (χ3v) is 6.43. The molecule has 5 rings (SSSR count). The van der Waals surface area contributed by atoms with Crippen LogP contribution in [0, 0.1) is 0 Å². The summed E-state index contributed by atoms with van der Waals surface area (Å²) in [5.74, 6) is 1.60. The highest BCUT2D eigenvalue weighted by molar-refractivity contribution is 7.80. The van der Waals surface area contributed by atoms with Gasteiger partial charge in [0.25, 0.3) is 0 Å². The Hall–Kier alpha value is -3.58. The lowest BCUT2D eigenvalue weighted by Gasteiger charge is -2.31. The zero-order valence-corrected chi connectivity index (χ0v) is 20.6. The Bertz CT molecular complexity index is 1340. The van der Waals surface area contributed by atoms with Crippen molar-refractivity contribution in [1.29, 1.82) is 0 Å². The Morgan fingerprint density at radius 1 is 1.09 bits per heavy atom. The van der Waals surface area contributed by atoms with Crippen LogP contribution in [0.5, 0.6) is 23.0 Å². The number of hydrogen-bond acceptors (Lipinski definition) is 6. The van der Waals surface area contributed by atoms with E-state index in [0.717, 1.165) is 23.3 Å². The largest absolute Gasteiger partial charge is 0.496 e. The molecular weight excluding hydrogens is 464 g/mol. The number of hydrogen-bond donors (Lipinski definition) is 2. The molecule has 0 saturated heterocycles. The second-order valence-corrected chi connectivity index (χ2v) is 9.25. The van der Waals surface area contributed by atoms with E-state index >= 15 is 0 Å². The minimum Gasteiger partial charge on any atom is -0.496 e. The van der Waals surface area contributed by atoms with Gasteiger partial charge in [-0.15, -0.1) is 12.6 Å². The molecule has 0 aliphatic carbocycles. The highest BCUT2D eigenvalue weighted by Crippen LogP contribution is 2.47. The first-order valence-corrected chi connectivity index (χ1v) is 11.9. The average molecular weight is 491 g/mol. The van der Waals surface area contributed by atoms with E-state index in [1.54, 1.807) is 13.2 Å². The lowest BCUT2D eigenvalue weighted by molar-refractivity contribution is -0.133. The van der Waals surface area contributed by atoms with Crippen LogP contribution in [0.25, 0.3) is 5.57 Å². The number of fused-ring (bicyclic) bond motifs is 2. The summed E-state index contributed by atoms with van der Waals surface area (Å²) in [6, 6.07) is 16.7. The summed E-state index contributed by atoms with van der Waals surface area (Å²) >= 11 is 4.56. The summed E-state index contributed by atoms with van der Waals surface area (Å²) in [6.45, 7) is 4.51. The molecule has 1 N–H and O–H groups in total. The zero-order valence-electron chi connectivity index (χ0n) is 19.7. The van der Waals surface area contributed by atoms with Crippen molar-refractivity contribution < 1.29 is 28.8 Å². The number of methoxy groups -OCH3 is 1. The first kappa shape index (κ1) is 23.2. The van der Waals surface area contributed by atoms with Crippen molar-refractivity contribution in [3.05, 3.63) is 82.4 Å². The van der Waals surface area contributed by atoms with Crippen molar-refractivity contribution in [2.45, 2.75) is 37.4 Å². The van der Waals surface area contributed by atoms with Crippen LogP contribution >= 0.6 is 12.6 Å². The number of benzene rings is 3. The molecule has 1 atom stereocenters. The monoisotopic (exact) mass is 490 g/mol. The zero-order chi connectivity index (χ0) is 24.7. The fourth-order valence-electron chi connectivity index (χ4n) is 4.59. The Balaban J connectivity index is 1.74. The fraction of sp³-hybridized carbons (Fsp3) is 0.250. The Labute approximate surface area is 209 Å². The Morgan fingerprint density at radius 2 is 1.89 bits per heavy atom. The molecule has 0 amide bonds. The van der Waals surface area contributed by atoms with E-state index in [9.17, 15) is 9.90 Å². The third-order valence-electron chi connectivity index (χ3n) is 6.08. The average Bonchev–Trinajstić information content (AvgIpc) is 3.30. The molecule has 7 heteroatoms. The molecule has 0 bridgehead atoms. The molecule has 1 unspecified atom stereocenters. The topological polar surface area (TPSA) is 74.2 Å². The van der Waals surface area contributed by atoms with Crippen molar-refractivity contribution in [2.24, 2.45) is 0 Å². The van der Waals surface area contributed by atoms with Gasteiger partial charge in [-0.05, 0) is 73.0 Å². The van der Waals surface area contributed by atoms with Gasteiger partial charge in [-0.25, -0.2) is 4.79 Å². The van der Waals surface area contributed by atoms with E-state index in [0.29, 0.717) is 45.5 Å². The molecule has 2 aliphatic rings. The molecule has 6 nitrogen and oxygen atoms in total. The number of carboxylic acids is 1. The number of thiol groups is 1.